The third-order valence-electron chi connectivity index (χ3n) is 11.3. The van der Waals surface area contributed by atoms with Gasteiger partial charge in [-0.15, -0.1) is 0 Å². The topological polar surface area (TPSA) is 129 Å². The molecule has 2 N–H and O–H groups in total. The Hall–Kier alpha value is -4.94. The van der Waals surface area contributed by atoms with Gasteiger partial charge in [-0.2, -0.15) is 0 Å². The second-order valence-corrected chi connectivity index (χ2v) is 16.2. The van der Waals surface area contributed by atoms with Crippen molar-refractivity contribution < 1.29 is 24.2 Å². The summed E-state index contributed by atoms with van der Waals surface area (Å²) in [5.41, 5.74) is 6.76. The summed E-state index contributed by atoms with van der Waals surface area (Å²) in [5.74, 6) is 3.54. The first-order valence-electron chi connectivity index (χ1n) is 19.0. The summed E-state index contributed by atoms with van der Waals surface area (Å²) < 4.78 is 13.9. The van der Waals surface area contributed by atoms with Crippen molar-refractivity contribution in [3.8, 4) is 5.75 Å². The molecule has 3 aromatic rings. The number of aliphatic hydroxyl groups is 1. The van der Waals surface area contributed by atoms with Crippen molar-refractivity contribution in [3.63, 3.8) is 0 Å². The molecule has 1 aliphatic carbocycles. The quantitative estimate of drug-likeness (QED) is 0.307. The lowest BCUT2D eigenvalue weighted by atomic mass is 9.90. The van der Waals surface area contributed by atoms with Gasteiger partial charge in [0.15, 0.2) is 17.4 Å². The Morgan fingerprint density at radius 3 is 2.59 bits per heavy atom. The van der Waals surface area contributed by atoms with Gasteiger partial charge in [0.2, 0.25) is 0 Å². The number of amides is 1. The summed E-state index contributed by atoms with van der Waals surface area (Å²) >= 11 is 0. The van der Waals surface area contributed by atoms with Crippen molar-refractivity contribution in [1.82, 2.24) is 24.3 Å². The minimum atomic E-state index is -0.346. The molecule has 0 spiro atoms. The Labute approximate surface area is 316 Å². The summed E-state index contributed by atoms with van der Waals surface area (Å²) in [6, 6.07) is 6.67. The maximum Gasteiger partial charge on any atom is 0.280 e. The van der Waals surface area contributed by atoms with E-state index < -0.39 is 0 Å². The minimum absolute atomic E-state index is 0.0943. The van der Waals surface area contributed by atoms with Gasteiger partial charge in [-0.05, 0) is 68.9 Å². The molecular weight excluding hydrogens is 685 g/mol. The van der Waals surface area contributed by atoms with Gasteiger partial charge in [-0.25, -0.2) is 14.8 Å². The summed E-state index contributed by atoms with van der Waals surface area (Å²) in [5, 5.41) is 14.2. The van der Waals surface area contributed by atoms with E-state index in [-0.39, 0.29) is 24.0 Å². The van der Waals surface area contributed by atoms with Gasteiger partial charge in [0.05, 0.1) is 49.5 Å². The van der Waals surface area contributed by atoms with E-state index in [1.165, 1.54) is 5.69 Å². The van der Waals surface area contributed by atoms with E-state index in [1.807, 2.05) is 44.5 Å². The van der Waals surface area contributed by atoms with Gasteiger partial charge in [0.25, 0.3) is 5.91 Å². The van der Waals surface area contributed by atoms with Crippen molar-refractivity contribution >= 4 is 34.7 Å². The highest BCUT2D eigenvalue weighted by Gasteiger charge is 2.42. The fourth-order valence-corrected chi connectivity index (χ4v) is 8.66. The third kappa shape index (κ3) is 6.38. The maximum atomic E-state index is 14.4. The molecule has 0 unspecified atom stereocenters. The monoisotopic (exact) mass is 734 g/mol. The second kappa shape index (κ2) is 14.0. The molecule has 284 valence electrons. The molecule has 2 fully saturated rings. The van der Waals surface area contributed by atoms with Crippen LogP contribution in [-0.4, -0.2) is 106 Å². The fourth-order valence-electron chi connectivity index (χ4n) is 8.66. The lowest BCUT2D eigenvalue weighted by Gasteiger charge is -2.46. The second-order valence-electron chi connectivity index (χ2n) is 16.2. The van der Waals surface area contributed by atoms with Gasteiger partial charge in [0.1, 0.15) is 17.3 Å². The van der Waals surface area contributed by atoms with E-state index in [0.29, 0.717) is 70.8 Å². The zero-order chi connectivity index (χ0) is 37.9. The normalized spacial score (nSPS) is 21.4. The smallest absolute Gasteiger partial charge is 0.280 e. The predicted molar refractivity (Wildman–Crippen MR) is 207 cm³/mol. The minimum Gasteiger partial charge on any atom is -0.488 e. The Balaban J connectivity index is 1.06. The number of allylic oxidation sites excluding steroid dienone is 2. The first-order valence-corrected chi connectivity index (χ1v) is 19.0. The van der Waals surface area contributed by atoms with Crippen molar-refractivity contribution in [2.24, 2.45) is 5.41 Å². The van der Waals surface area contributed by atoms with Crippen LogP contribution in [0.25, 0.3) is 5.57 Å². The Morgan fingerprint density at radius 1 is 1.11 bits per heavy atom. The maximum absolute atomic E-state index is 14.4. The molecule has 2 saturated heterocycles. The van der Waals surface area contributed by atoms with Crippen molar-refractivity contribution in [2.45, 2.75) is 78.8 Å². The van der Waals surface area contributed by atoms with Crippen LogP contribution in [0.1, 0.15) is 67.5 Å². The first kappa shape index (κ1) is 36.1. The number of pyridine rings is 2. The van der Waals surface area contributed by atoms with Gasteiger partial charge < -0.3 is 34.3 Å². The van der Waals surface area contributed by atoms with E-state index >= 15 is 0 Å². The van der Waals surface area contributed by atoms with Gasteiger partial charge in [0, 0.05) is 80.6 Å². The lowest BCUT2D eigenvalue weighted by Crippen LogP contribution is -2.59. The largest absolute Gasteiger partial charge is 0.488 e. The number of nitrogens with zero attached hydrogens (tertiary/aromatic N) is 7. The number of hydrogen-bond donors (Lipinski definition) is 2. The van der Waals surface area contributed by atoms with Crippen LogP contribution in [-0.2, 0) is 35.5 Å². The van der Waals surface area contributed by atoms with E-state index in [1.54, 1.807) is 23.0 Å². The van der Waals surface area contributed by atoms with Gasteiger partial charge in [-0.3, -0.25) is 14.6 Å². The molecule has 3 aromatic heterocycles. The van der Waals surface area contributed by atoms with Crippen LogP contribution in [0.15, 0.2) is 54.3 Å². The number of anilines is 3. The Morgan fingerprint density at radius 2 is 1.93 bits per heavy atom. The molecule has 7 heterocycles. The molecule has 13 heteroatoms. The molecule has 13 nitrogen and oxygen atoms in total. The van der Waals surface area contributed by atoms with Crippen molar-refractivity contribution in [2.75, 3.05) is 61.6 Å². The summed E-state index contributed by atoms with van der Waals surface area (Å²) in [4.78, 5) is 44.3. The molecule has 1 atom stereocenters. The lowest BCUT2D eigenvalue weighted by molar-refractivity contribution is -0.0691. The summed E-state index contributed by atoms with van der Waals surface area (Å²) in [6.07, 6.45) is 8.84. The molecule has 54 heavy (non-hydrogen) atoms. The van der Waals surface area contributed by atoms with Crippen molar-refractivity contribution in [3.05, 3.63) is 82.3 Å². The first-order chi connectivity index (χ1) is 26.0. The third-order valence-corrected chi connectivity index (χ3v) is 11.3. The molecule has 4 aliphatic heterocycles. The zero-order valence-corrected chi connectivity index (χ0v) is 32.1. The highest BCUT2D eigenvalue weighted by molar-refractivity contribution is 6.08. The SMILES string of the molecule is CC(C)Oc1c2c(n3c1C(=O)N(c1nccc(C4=CN(C)C(=C=O)C(Nc5ccc(N6CCN(C7COC7)C[C@@H]6C)cn5)=C4)c1CO)CC3)CC(C)(C)C2. The number of carbonyl (C=O) groups excluding carboxylic acids is 2. The number of hydrogen-bond acceptors (Lipinski definition) is 11. The number of rotatable bonds is 9. The highest BCUT2D eigenvalue weighted by Crippen LogP contribution is 2.46. The highest BCUT2D eigenvalue weighted by atomic mass is 16.5. The number of aliphatic hydroxyl groups excluding tert-OH is 1. The molecular formula is C41H50N8O5. The average Bonchev–Trinajstić information content (AvgIpc) is 3.58. The standard InChI is InChI=1S/C41H50N8O5/c1-25(2)54-38-31-16-41(4,5)17-34(31)48-13-14-49(40(52)37(38)48)39-32(21-50)30(9-10-42-39)27-15-33(35(22-51)45(6)20-27)44-36-8-7-28(18-43-36)47-12-11-46(19-26(47)3)29-23-53-24-29/h7-10,15,18,20,25-26,29,50H,11-14,16-17,19,21,23-24H2,1-6H3,(H,43,44)/t26-/m0/s1. The number of fused-ring (bicyclic) bond motifs is 3. The van der Waals surface area contributed by atoms with E-state index in [2.05, 4.69) is 57.4 Å². The van der Waals surface area contributed by atoms with E-state index in [4.69, 9.17) is 14.5 Å². The van der Waals surface area contributed by atoms with Crippen LogP contribution in [0.2, 0.25) is 0 Å². The van der Waals surface area contributed by atoms with Crippen LogP contribution < -0.4 is 19.9 Å². The van der Waals surface area contributed by atoms with Crippen LogP contribution in [0.4, 0.5) is 17.3 Å². The number of piperazine rings is 1. The Bertz CT molecular complexity index is 2070. The fraction of sp³-hybridized carbons (Fsp3) is 0.488. The van der Waals surface area contributed by atoms with E-state index in [0.717, 1.165) is 62.5 Å². The average molecular weight is 735 g/mol. The number of likely N-dealkylation sites (N-methyl/N-ethyl adjacent to an activating group) is 1. The predicted octanol–water partition coefficient (Wildman–Crippen LogP) is 4.25. The zero-order valence-electron chi connectivity index (χ0n) is 32.1. The molecule has 0 saturated carbocycles. The van der Waals surface area contributed by atoms with Crippen LogP contribution in [0.5, 0.6) is 5.75 Å². The van der Waals surface area contributed by atoms with Crippen LogP contribution >= 0.6 is 0 Å². The number of carbonyl (C=O) groups is 1. The molecule has 0 bridgehead atoms. The van der Waals surface area contributed by atoms with Crippen LogP contribution in [0, 0.1) is 5.41 Å². The summed E-state index contributed by atoms with van der Waals surface area (Å²) in [6.45, 7) is 15.9. The molecule has 5 aliphatic rings. The number of nitrogens with one attached hydrogen (secondary N) is 1. The molecule has 8 rings (SSSR count). The molecule has 1 amide bonds. The molecule has 0 radical (unpaired) electrons. The van der Waals surface area contributed by atoms with Gasteiger partial charge in [-0.1, -0.05) is 13.8 Å². The van der Waals surface area contributed by atoms with Crippen LogP contribution in [0.3, 0.4) is 0 Å². The van der Waals surface area contributed by atoms with Gasteiger partial charge >= 0.3 is 0 Å². The van der Waals surface area contributed by atoms with E-state index in [9.17, 15) is 14.7 Å². The summed E-state index contributed by atoms with van der Waals surface area (Å²) in [7, 11) is 1.78. The van der Waals surface area contributed by atoms with Crippen molar-refractivity contribution in [1.29, 1.82) is 0 Å². The molecule has 0 aromatic carbocycles. The number of ether oxygens (including phenoxy) is 2. The Kier molecular flexibility index (Phi) is 9.38. The number of aromatic nitrogens is 3.